The second-order valence-corrected chi connectivity index (χ2v) is 3.90. The number of hydrogen-bond acceptors (Lipinski definition) is 3. The number of halogens is 4. The first kappa shape index (κ1) is 13.3. The van der Waals surface area contributed by atoms with Crippen molar-refractivity contribution in [3.8, 4) is 5.82 Å². The van der Waals surface area contributed by atoms with E-state index in [9.17, 15) is 18.0 Å². The maximum absolute atomic E-state index is 12.7. The van der Waals surface area contributed by atoms with Crippen molar-refractivity contribution in [3.63, 3.8) is 0 Å². The minimum Gasteiger partial charge on any atom is -0.478 e. The summed E-state index contributed by atoms with van der Waals surface area (Å²) in [5.41, 5.74) is -2.11. The van der Waals surface area contributed by atoms with E-state index in [0.29, 0.717) is 6.20 Å². The second kappa shape index (κ2) is 4.54. The van der Waals surface area contributed by atoms with Crippen molar-refractivity contribution in [2.45, 2.75) is 6.18 Å². The summed E-state index contributed by atoms with van der Waals surface area (Å²) >= 11 is 5.50. The van der Waals surface area contributed by atoms with Gasteiger partial charge in [0.1, 0.15) is 0 Å². The molecule has 2 aromatic heterocycles. The predicted octanol–water partition coefficient (Wildman–Crippen LogP) is 2.64. The van der Waals surface area contributed by atoms with Crippen molar-refractivity contribution in [1.29, 1.82) is 0 Å². The summed E-state index contributed by atoms with van der Waals surface area (Å²) in [5.74, 6) is -1.64. The van der Waals surface area contributed by atoms with E-state index in [2.05, 4.69) is 10.2 Å². The predicted molar refractivity (Wildman–Crippen MR) is 58.3 cm³/mol. The monoisotopic (exact) mass is 291 g/mol. The highest BCUT2D eigenvalue weighted by Gasteiger charge is 2.37. The van der Waals surface area contributed by atoms with Crippen molar-refractivity contribution < 1.29 is 23.1 Å². The van der Waals surface area contributed by atoms with Crippen LogP contribution in [0.15, 0.2) is 24.5 Å². The lowest BCUT2D eigenvalue weighted by Crippen LogP contribution is -2.09. The summed E-state index contributed by atoms with van der Waals surface area (Å²) in [6.07, 6.45) is -3.30. The van der Waals surface area contributed by atoms with Gasteiger partial charge in [-0.3, -0.25) is 0 Å². The van der Waals surface area contributed by atoms with Crippen LogP contribution in [0.2, 0.25) is 5.15 Å². The Balaban J connectivity index is 2.55. The standard InChI is InChI=1S/C10H5ClF3N3O2/c11-7-1-2-8(16-15-7)17-3-5(9(18)19)6(4-17)10(12,13)14/h1-4H,(H,18,19). The molecule has 5 nitrogen and oxygen atoms in total. The van der Waals surface area contributed by atoms with Gasteiger partial charge < -0.3 is 9.67 Å². The molecule has 0 unspecified atom stereocenters. The summed E-state index contributed by atoms with van der Waals surface area (Å²) in [6.45, 7) is 0. The van der Waals surface area contributed by atoms with Crippen LogP contribution in [0.3, 0.4) is 0 Å². The highest BCUT2D eigenvalue weighted by atomic mass is 35.5. The molecule has 0 saturated heterocycles. The molecule has 0 amide bonds. The Morgan fingerprint density at radius 3 is 2.37 bits per heavy atom. The molecule has 0 aliphatic rings. The summed E-state index contributed by atoms with van der Waals surface area (Å²) in [4.78, 5) is 10.8. The number of alkyl halides is 3. The number of hydrogen-bond donors (Lipinski definition) is 1. The lowest BCUT2D eigenvalue weighted by molar-refractivity contribution is -0.138. The van der Waals surface area contributed by atoms with E-state index in [0.717, 1.165) is 10.8 Å². The maximum Gasteiger partial charge on any atom is 0.418 e. The molecule has 0 aliphatic heterocycles. The van der Waals surface area contributed by atoms with Crippen molar-refractivity contribution in [2.75, 3.05) is 0 Å². The lowest BCUT2D eigenvalue weighted by atomic mass is 10.2. The van der Waals surface area contributed by atoms with Gasteiger partial charge in [-0.25, -0.2) is 4.79 Å². The van der Waals surface area contributed by atoms with Crippen LogP contribution in [0.1, 0.15) is 15.9 Å². The molecule has 100 valence electrons. The summed E-state index contributed by atoms with van der Waals surface area (Å²) in [6, 6.07) is 2.65. The third-order valence-electron chi connectivity index (χ3n) is 2.24. The number of nitrogens with zero attached hydrogens (tertiary/aromatic N) is 3. The van der Waals surface area contributed by atoms with Gasteiger partial charge in [-0.2, -0.15) is 13.2 Å². The highest BCUT2D eigenvalue weighted by Crippen LogP contribution is 2.33. The summed E-state index contributed by atoms with van der Waals surface area (Å²) in [5, 5.41) is 15.9. The fraction of sp³-hybridized carbons (Fsp3) is 0.100. The quantitative estimate of drug-likeness (QED) is 0.923. The Kier molecular flexibility index (Phi) is 3.19. The van der Waals surface area contributed by atoms with Gasteiger partial charge >= 0.3 is 12.1 Å². The number of carboxylic acids is 1. The second-order valence-electron chi connectivity index (χ2n) is 3.51. The Morgan fingerprint density at radius 2 is 1.95 bits per heavy atom. The molecular formula is C10H5ClF3N3O2. The molecule has 0 aromatic carbocycles. The van der Waals surface area contributed by atoms with Gasteiger partial charge in [-0.1, -0.05) is 11.6 Å². The molecule has 0 fully saturated rings. The average molecular weight is 292 g/mol. The Hall–Kier alpha value is -2.09. The van der Waals surface area contributed by atoms with E-state index >= 15 is 0 Å². The molecule has 0 bridgehead atoms. The van der Waals surface area contributed by atoms with Gasteiger partial charge in [-0.15, -0.1) is 10.2 Å². The molecule has 1 N–H and O–H groups in total. The summed E-state index contributed by atoms with van der Waals surface area (Å²) < 4.78 is 38.9. The van der Waals surface area contributed by atoms with Crippen LogP contribution >= 0.6 is 11.6 Å². The van der Waals surface area contributed by atoms with E-state index in [1.54, 1.807) is 0 Å². The SMILES string of the molecule is O=C(O)c1cn(-c2ccc(Cl)nn2)cc1C(F)(F)F. The van der Waals surface area contributed by atoms with Crippen molar-refractivity contribution in [2.24, 2.45) is 0 Å². The van der Waals surface area contributed by atoms with Crippen molar-refractivity contribution >= 4 is 17.6 Å². The third-order valence-corrected chi connectivity index (χ3v) is 2.45. The number of carboxylic acid groups (broad SMARTS) is 1. The fourth-order valence-corrected chi connectivity index (χ4v) is 1.53. The molecule has 2 heterocycles. The minimum absolute atomic E-state index is 0.0300. The molecule has 0 aliphatic carbocycles. The van der Waals surface area contributed by atoms with Crippen LogP contribution in [0.4, 0.5) is 13.2 Å². The fourth-order valence-electron chi connectivity index (χ4n) is 1.43. The maximum atomic E-state index is 12.7. The Bertz CT molecular complexity index is 622. The zero-order chi connectivity index (χ0) is 14.2. The van der Waals surface area contributed by atoms with Crippen LogP contribution in [-0.4, -0.2) is 25.8 Å². The van der Waals surface area contributed by atoms with Crippen LogP contribution in [0.5, 0.6) is 0 Å². The molecule has 0 saturated carbocycles. The molecule has 9 heteroatoms. The molecule has 2 aromatic rings. The average Bonchev–Trinajstić information content (AvgIpc) is 2.74. The number of rotatable bonds is 2. The first-order chi connectivity index (χ1) is 8.79. The molecule has 19 heavy (non-hydrogen) atoms. The highest BCUT2D eigenvalue weighted by molar-refractivity contribution is 6.29. The van der Waals surface area contributed by atoms with E-state index in [4.69, 9.17) is 16.7 Å². The topological polar surface area (TPSA) is 68.0 Å². The van der Waals surface area contributed by atoms with Gasteiger partial charge in [0.25, 0.3) is 0 Å². The van der Waals surface area contributed by atoms with Gasteiger partial charge in [0.05, 0.1) is 11.1 Å². The van der Waals surface area contributed by atoms with E-state index < -0.39 is 23.3 Å². The van der Waals surface area contributed by atoms with Crippen LogP contribution in [0.25, 0.3) is 5.82 Å². The normalized spacial score (nSPS) is 11.6. The number of aromatic carboxylic acids is 1. The summed E-state index contributed by atoms with van der Waals surface area (Å²) in [7, 11) is 0. The lowest BCUT2D eigenvalue weighted by Gasteiger charge is -2.04. The number of aromatic nitrogens is 3. The van der Waals surface area contributed by atoms with Crippen LogP contribution in [0, 0.1) is 0 Å². The van der Waals surface area contributed by atoms with Gasteiger partial charge in [0.15, 0.2) is 11.0 Å². The molecule has 0 radical (unpaired) electrons. The molecule has 2 rings (SSSR count). The molecule has 0 spiro atoms. The van der Waals surface area contributed by atoms with Crippen LogP contribution in [-0.2, 0) is 6.18 Å². The number of carbonyl (C=O) groups is 1. The molecule has 0 atom stereocenters. The van der Waals surface area contributed by atoms with Gasteiger partial charge in [0, 0.05) is 12.4 Å². The van der Waals surface area contributed by atoms with Crippen molar-refractivity contribution in [3.05, 3.63) is 40.8 Å². The zero-order valence-electron chi connectivity index (χ0n) is 9.02. The smallest absolute Gasteiger partial charge is 0.418 e. The Morgan fingerprint density at radius 1 is 1.26 bits per heavy atom. The zero-order valence-corrected chi connectivity index (χ0v) is 9.77. The third kappa shape index (κ3) is 2.68. The van der Waals surface area contributed by atoms with E-state index in [-0.39, 0.29) is 11.0 Å². The van der Waals surface area contributed by atoms with Crippen molar-refractivity contribution in [1.82, 2.24) is 14.8 Å². The Labute approximate surface area is 109 Å². The minimum atomic E-state index is -4.77. The first-order valence-corrected chi connectivity index (χ1v) is 5.19. The molecular weight excluding hydrogens is 287 g/mol. The van der Waals surface area contributed by atoms with Gasteiger partial charge in [-0.05, 0) is 12.1 Å². The van der Waals surface area contributed by atoms with Crippen LogP contribution < -0.4 is 0 Å². The largest absolute Gasteiger partial charge is 0.478 e. The van der Waals surface area contributed by atoms with E-state index in [1.807, 2.05) is 0 Å². The van der Waals surface area contributed by atoms with E-state index in [1.165, 1.54) is 12.1 Å². The van der Waals surface area contributed by atoms with Gasteiger partial charge in [0.2, 0.25) is 0 Å². The first-order valence-electron chi connectivity index (χ1n) is 4.81.